The van der Waals surface area contributed by atoms with Crippen LogP contribution < -0.4 is 15.4 Å². The first-order valence-corrected chi connectivity index (χ1v) is 7.58. The van der Waals surface area contributed by atoms with Gasteiger partial charge in [0.25, 0.3) is 11.8 Å². The van der Waals surface area contributed by atoms with Crippen LogP contribution in [0.4, 0.5) is 8.78 Å². The van der Waals surface area contributed by atoms with Gasteiger partial charge in [-0.25, -0.2) is 8.78 Å². The van der Waals surface area contributed by atoms with Gasteiger partial charge < -0.3 is 15.0 Å². The standard InChI is InChI=1S/C16H21F2N3O3.ClH/c1-21(2)14(22)9-24-12-5-3-4-11(6-12)8-19-15(23)13-7-16(17,18)10-20-13;/h3-6,13,20H,7-10H2,1-2H3,(H,19,23);1H. The number of hydrogen-bond acceptors (Lipinski definition) is 4. The van der Waals surface area contributed by atoms with E-state index in [9.17, 15) is 18.4 Å². The second-order valence-electron chi connectivity index (χ2n) is 5.94. The summed E-state index contributed by atoms with van der Waals surface area (Å²) in [6.07, 6.45) is -0.491. The van der Waals surface area contributed by atoms with Crippen LogP contribution in [0.1, 0.15) is 12.0 Å². The molecule has 2 rings (SSSR count). The largest absolute Gasteiger partial charge is 0.484 e. The van der Waals surface area contributed by atoms with Crippen LogP contribution in [0, 0.1) is 0 Å². The van der Waals surface area contributed by atoms with Crippen LogP contribution in [0.15, 0.2) is 24.3 Å². The van der Waals surface area contributed by atoms with Crippen LogP contribution in [0.2, 0.25) is 0 Å². The fourth-order valence-corrected chi connectivity index (χ4v) is 2.23. The lowest BCUT2D eigenvalue weighted by molar-refractivity contribution is -0.130. The van der Waals surface area contributed by atoms with Gasteiger partial charge in [0.05, 0.1) is 12.6 Å². The third-order valence-electron chi connectivity index (χ3n) is 3.65. The Morgan fingerprint density at radius 2 is 2.12 bits per heavy atom. The molecule has 1 aliphatic heterocycles. The molecule has 25 heavy (non-hydrogen) atoms. The van der Waals surface area contributed by atoms with Gasteiger partial charge in [-0.15, -0.1) is 12.4 Å². The van der Waals surface area contributed by atoms with Gasteiger partial charge in [0.1, 0.15) is 5.75 Å². The second kappa shape index (κ2) is 8.96. The summed E-state index contributed by atoms with van der Waals surface area (Å²) in [5, 5.41) is 5.13. The third-order valence-corrected chi connectivity index (χ3v) is 3.65. The van der Waals surface area contributed by atoms with Crippen molar-refractivity contribution >= 4 is 24.2 Å². The Labute approximate surface area is 151 Å². The number of nitrogens with zero attached hydrogens (tertiary/aromatic N) is 1. The molecule has 140 valence electrons. The van der Waals surface area contributed by atoms with E-state index in [1.165, 1.54) is 4.90 Å². The minimum atomic E-state index is -2.84. The number of halogens is 3. The highest BCUT2D eigenvalue weighted by molar-refractivity contribution is 5.85. The molecule has 0 aliphatic carbocycles. The Morgan fingerprint density at radius 3 is 2.72 bits per heavy atom. The van der Waals surface area contributed by atoms with Crippen LogP contribution in [-0.2, 0) is 16.1 Å². The van der Waals surface area contributed by atoms with Crippen molar-refractivity contribution in [2.45, 2.75) is 24.9 Å². The summed E-state index contributed by atoms with van der Waals surface area (Å²) in [6.45, 7) is -0.361. The number of amides is 2. The van der Waals surface area contributed by atoms with Gasteiger partial charge in [-0.05, 0) is 17.7 Å². The summed E-state index contributed by atoms with van der Waals surface area (Å²) in [7, 11) is 3.27. The zero-order valence-electron chi connectivity index (χ0n) is 14.1. The summed E-state index contributed by atoms with van der Waals surface area (Å²) in [6, 6.07) is 6.03. The SMILES string of the molecule is CN(C)C(=O)COc1cccc(CNC(=O)C2CC(F)(F)CN2)c1.Cl. The average Bonchev–Trinajstić information content (AvgIpc) is 2.90. The molecule has 0 bridgehead atoms. The van der Waals surface area contributed by atoms with E-state index in [1.54, 1.807) is 38.4 Å². The lowest BCUT2D eigenvalue weighted by Gasteiger charge is -2.13. The summed E-state index contributed by atoms with van der Waals surface area (Å²) in [5.41, 5.74) is 0.753. The van der Waals surface area contributed by atoms with Gasteiger partial charge in [0, 0.05) is 27.1 Å². The monoisotopic (exact) mass is 377 g/mol. The predicted molar refractivity (Wildman–Crippen MR) is 91.1 cm³/mol. The number of rotatable bonds is 6. The fraction of sp³-hybridized carbons (Fsp3) is 0.500. The number of carbonyl (C=O) groups excluding carboxylic acids is 2. The van der Waals surface area contributed by atoms with Crippen molar-refractivity contribution in [3.63, 3.8) is 0 Å². The van der Waals surface area contributed by atoms with E-state index >= 15 is 0 Å². The normalized spacial score (nSPS) is 18.2. The van der Waals surface area contributed by atoms with E-state index in [0.717, 1.165) is 5.56 Å². The number of likely N-dealkylation sites (N-methyl/N-ethyl adjacent to an activating group) is 1. The molecule has 1 atom stereocenters. The van der Waals surface area contributed by atoms with Crippen molar-refractivity contribution in [1.82, 2.24) is 15.5 Å². The molecule has 1 heterocycles. The van der Waals surface area contributed by atoms with Crippen molar-refractivity contribution < 1.29 is 23.1 Å². The molecule has 1 unspecified atom stereocenters. The van der Waals surface area contributed by atoms with Crippen LogP contribution in [0.3, 0.4) is 0 Å². The fourth-order valence-electron chi connectivity index (χ4n) is 2.23. The van der Waals surface area contributed by atoms with Crippen molar-refractivity contribution in [2.24, 2.45) is 0 Å². The van der Waals surface area contributed by atoms with E-state index in [2.05, 4.69) is 10.6 Å². The van der Waals surface area contributed by atoms with Gasteiger partial charge in [-0.2, -0.15) is 0 Å². The van der Waals surface area contributed by atoms with Gasteiger partial charge in [0.2, 0.25) is 5.91 Å². The summed E-state index contributed by atoms with van der Waals surface area (Å²) >= 11 is 0. The van der Waals surface area contributed by atoms with E-state index in [0.29, 0.717) is 5.75 Å². The molecule has 0 radical (unpaired) electrons. The van der Waals surface area contributed by atoms with Crippen LogP contribution >= 0.6 is 12.4 Å². The Morgan fingerprint density at radius 1 is 1.40 bits per heavy atom. The zero-order valence-corrected chi connectivity index (χ0v) is 14.9. The molecule has 0 saturated carbocycles. The average molecular weight is 378 g/mol. The first-order chi connectivity index (χ1) is 11.3. The zero-order chi connectivity index (χ0) is 17.7. The van der Waals surface area contributed by atoms with Gasteiger partial charge in [0.15, 0.2) is 6.61 Å². The summed E-state index contributed by atoms with van der Waals surface area (Å²) < 4.78 is 31.6. The number of nitrogens with one attached hydrogen (secondary N) is 2. The molecule has 1 aromatic carbocycles. The third kappa shape index (κ3) is 6.47. The van der Waals surface area contributed by atoms with Crippen molar-refractivity contribution in [2.75, 3.05) is 27.2 Å². The highest BCUT2D eigenvalue weighted by Crippen LogP contribution is 2.25. The molecule has 1 saturated heterocycles. The molecule has 1 fully saturated rings. The molecule has 9 heteroatoms. The molecule has 6 nitrogen and oxygen atoms in total. The highest BCUT2D eigenvalue weighted by Gasteiger charge is 2.42. The lowest BCUT2D eigenvalue weighted by atomic mass is 10.1. The Bertz CT molecular complexity index is 614. The highest BCUT2D eigenvalue weighted by atomic mass is 35.5. The molecular formula is C16H22ClF2N3O3. The molecule has 1 aliphatic rings. The number of hydrogen-bond donors (Lipinski definition) is 2. The number of alkyl halides is 2. The summed E-state index contributed by atoms with van der Waals surface area (Å²) in [5.74, 6) is -2.96. The first-order valence-electron chi connectivity index (χ1n) is 7.58. The van der Waals surface area contributed by atoms with Crippen LogP contribution in [0.25, 0.3) is 0 Å². The van der Waals surface area contributed by atoms with Gasteiger partial charge in [-0.3, -0.25) is 14.9 Å². The van der Waals surface area contributed by atoms with Crippen molar-refractivity contribution in [1.29, 1.82) is 0 Å². The molecular weight excluding hydrogens is 356 g/mol. The van der Waals surface area contributed by atoms with E-state index < -0.39 is 30.8 Å². The number of ether oxygens (including phenoxy) is 1. The smallest absolute Gasteiger partial charge is 0.262 e. The van der Waals surface area contributed by atoms with Gasteiger partial charge in [-0.1, -0.05) is 12.1 Å². The quantitative estimate of drug-likeness (QED) is 0.781. The lowest BCUT2D eigenvalue weighted by Crippen LogP contribution is -2.40. The molecule has 2 amide bonds. The van der Waals surface area contributed by atoms with Crippen LogP contribution in [0.5, 0.6) is 5.75 Å². The summed E-state index contributed by atoms with van der Waals surface area (Å²) in [4.78, 5) is 24.8. The molecule has 0 spiro atoms. The van der Waals surface area contributed by atoms with Crippen molar-refractivity contribution in [3.8, 4) is 5.75 Å². The minimum Gasteiger partial charge on any atom is -0.484 e. The Kier molecular flexibility index (Phi) is 7.57. The second-order valence-corrected chi connectivity index (χ2v) is 5.94. The number of carbonyl (C=O) groups is 2. The maximum atomic E-state index is 13.1. The topological polar surface area (TPSA) is 70.7 Å². The number of benzene rings is 1. The Balaban J connectivity index is 0.00000312. The molecule has 0 aromatic heterocycles. The van der Waals surface area contributed by atoms with E-state index in [4.69, 9.17) is 4.74 Å². The minimum absolute atomic E-state index is 0. The van der Waals surface area contributed by atoms with Crippen molar-refractivity contribution in [3.05, 3.63) is 29.8 Å². The predicted octanol–water partition coefficient (Wildman–Crippen LogP) is 1.19. The molecule has 1 aromatic rings. The van der Waals surface area contributed by atoms with E-state index in [1.807, 2.05) is 0 Å². The maximum Gasteiger partial charge on any atom is 0.262 e. The Hall–Kier alpha value is -1.93. The maximum absolute atomic E-state index is 13.1. The molecule has 2 N–H and O–H groups in total. The van der Waals surface area contributed by atoms with E-state index in [-0.39, 0.29) is 31.5 Å². The van der Waals surface area contributed by atoms with Gasteiger partial charge >= 0.3 is 0 Å². The first kappa shape index (κ1) is 21.1. The van der Waals surface area contributed by atoms with Crippen LogP contribution in [-0.4, -0.2) is 55.9 Å².